The Balaban J connectivity index is 1.34. The van der Waals surface area contributed by atoms with E-state index in [9.17, 15) is 40.2 Å². The summed E-state index contributed by atoms with van der Waals surface area (Å²) in [7, 11) is 0. The normalized spacial score (nSPS) is 22.3. The van der Waals surface area contributed by atoms with Crippen molar-refractivity contribution in [2.24, 2.45) is 0 Å². The molecule has 1 aliphatic rings. The maximum absolute atomic E-state index is 12.8. The quantitative estimate of drug-likeness (QED) is 0.106. The molecule has 12 heteroatoms. The first-order valence-electron chi connectivity index (χ1n) is 12.7. The minimum Gasteiger partial charge on any atom is -0.508 e. The fourth-order valence-corrected chi connectivity index (χ4v) is 4.34. The summed E-state index contributed by atoms with van der Waals surface area (Å²) >= 11 is 0. The number of aromatic hydroxyl groups is 2. The molecule has 2 heterocycles. The second-order valence-corrected chi connectivity index (χ2v) is 9.48. The molecule has 42 heavy (non-hydrogen) atoms. The van der Waals surface area contributed by atoms with Crippen molar-refractivity contribution >= 4 is 23.0 Å². The van der Waals surface area contributed by atoms with Crippen molar-refractivity contribution in [3.8, 4) is 34.3 Å². The zero-order valence-electron chi connectivity index (χ0n) is 21.7. The fourth-order valence-electron chi connectivity index (χ4n) is 4.34. The van der Waals surface area contributed by atoms with E-state index in [1.807, 2.05) is 0 Å². The van der Waals surface area contributed by atoms with E-state index in [1.54, 1.807) is 24.3 Å². The van der Waals surface area contributed by atoms with Gasteiger partial charge in [-0.15, -0.1) is 0 Å². The van der Waals surface area contributed by atoms with Crippen LogP contribution in [-0.2, 0) is 9.53 Å². The zero-order valence-corrected chi connectivity index (χ0v) is 21.7. The molecule has 1 aromatic heterocycles. The van der Waals surface area contributed by atoms with Gasteiger partial charge in [0.2, 0.25) is 6.29 Å². The molecule has 5 atom stereocenters. The van der Waals surface area contributed by atoms with Gasteiger partial charge in [-0.1, -0.05) is 12.1 Å². The van der Waals surface area contributed by atoms with E-state index in [0.29, 0.717) is 11.1 Å². The van der Waals surface area contributed by atoms with Crippen LogP contribution in [0.15, 0.2) is 82.0 Å². The van der Waals surface area contributed by atoms with Crippen molar-refractivity contribution < 1.29 is 54.1 Å². The van der Waals surface area contributed by atoms with Crippen molar-refractivity contribution in [3.05, 3.63) is 88.6 Å². The van der Waals surface area contributed by atoms with Gasteiger partial charge in [-0.3, -0.25) is 4.79 Å². The maximum Gasteiger partial charge on any atom is 0.336 e. The van der Waals surface area contributed by atoms with Gasteiger partial charge in [-0.25, -0.2) is 4.79 Å². The SMILES string of the molecule is O=C(/C=C/c1ccc(O)cc1)Oc1ccc(-c2cc(=O)c3c(O)cc(O[C@@H]4O[C@@H](CO)[C@@H](O)[C@H](O)[C@H]4O)cc3o2)cc1. The molecule has 1 saturated heterocycles. The number of phenolic OH excluding ortho intramolecular Hbond substituents is 2. The average molecular weight is 579 g/mol. The Hall–Kier alpha value is -4.72. The molecule has 0 saturated carbocycles. The molecule has 0 aliphatic carbocycles. The molecule has 0 spiro atoms. The van der Waals surface area contributed by atoms with E-state index in [-0.39, 0.29) is 34.0 Å². The molecule has 1 fully saturated rings. The van der Waals surface area contributed by atoms with Crippen LogP contribution in [0.4, 0.5) is 0 Å². The lowest BCUT2D eigenvalue weighted by atomic mass is 9.99. The Morgan fingerprint density at radius 3 is 2.29 bits per heavy atom. The zero-order chi connectivity index (χ0) is 30.0. The van der Waals surface area contributed by atoms with Crippen molar-refractivity contribution in [3.63, 3.8) is 0 Å². The summed E-state index contributed by atoms with van der Waals surface area (Å²) in [5.41, 5.74) is 0.525. The summed E-state index contributed by atoms with van der Waals surface area (Å²) in [6.07, 6.45) is -4.88. The number of aliphatic hydroxyl groups excluding tert-OH is 4. The lowest BCUT2D eigenvalue weighted by molar-refractivity contribution is -0.277. The molecule has 5 rings (SSSR count). The number of rotatable bonds is 7. The van der Waals surface area contributed by atoms with Crippen LogP contribution in [0.2, 0.25) is 0 Å². The Kier molecular flexibility index (Phi) is 8.24. The monoisotopic (exact) mass is 578 g/mol. The van der Waals surface area contributed by atoms with Crippen LogP contribution >= 0.6 is 0 Å². The number of hydrogen-bond donors (Lipinski definition) is 6. The number of ether oxygens (including phenoxy) is 3. The highest BCUT2D eigenvalue weighted by atomic mass is 16.7. The molecule has 0 unspecified atom stereocenters. The predicted octanol–water partition coefficient (Wildman–Crippen LogP) is 1.67. The average Bonchev–Trinajstić information content (AvgIpc) is 2.97. The summed E-state index contributed by atoms with van der Waals surface area (Å²) in [6.45, 7) is -0.652. The van der Waals surface area contributed by atoms with Gasteiger partial charge in [0, 0.05) is 29.8 Å². The maximum atomic E-state index is 12.8. The van der Waals surface area contributed by atoms with Crippen LogP contribution in [0.5, 0.6) is 23.0 Å². The van der Waals surface area contributed by atoms with Crippen LogP contribution in [0, 0.1) is 0 Å². The standard InChI is InChI=1S/C30H26O12/c31-14-24-27(36)28(37)29(38)30(42-24)40-19-11-20(33)26-21(34)13-22(41-23(26)12-19)16-4-8-18(9-5-16)39-25(35)10-3-15-1-6-17(32)7-2-15/h1-13,24,27-33,36-38H,14H2/b10-3+/t24-,27+,28-,29+,30+/m0/s1. The van der Waals surface area contributed by atoms with Crippen molar-refractivity contribution in [1.29, 1.82) is 0 Å². The minimum absolute atomic E-state index is 0.0630. The van der Waals surface area contributed by atoms with Crippen LogP contribution in [-0.4, -0.2) is 73.9 Å². The topological polar surface area (TPSA) is 196 Å². The van der Waals surface area contributed by atoms with E-state index < -0.39 is 54.5 Å². The summed E-state index contributed by atoms with van der Waals surface area (Å²) < 4.78 is 22.0. The first-order valence-corrected chi connectivity index (χ1v) is 12.7. The molecule has 218 valence electrons. The minimum atomic E-state index is -1.69. The highest BCUT2D eigenvalue weighted by Gasteiger charge is 2.44. The third kappa shape index (κ3) is 6.12. The Labute approximate surface area is 237 Å². The molecule has 12 nitrogen and oxygen atoms in total. The van der Waals surface area contributed by atoms with Gasteiger partial charge >= 0.3 is 5.97 Å². The van der Waals surface area contributed by atoms with Crippen molar-refractivity contribution in [2.45, 2.75) is 30.7 Å². The molecular formula is C30H26O12. The summed E-state index contributed by atoms with van der Waals surface area (Å²) in [5, 5.41) is 59.3. The van der Waals surface area contributed by atoms with E-state index in [0.717, 1.165) is 6.07 Å². The molecule has 1 aliphatic heterocycles. The number of fused-ring (bicyclic) bond motifs is 1. The van der Waals surface area contributed by atoms with E-state index in [4.69, 9.17) is 18.6 Å². The van der Waals surface area contributed by atoms with Crippen LogP contribution in [0.25, 0.3) is 28.4 Å². The van der Waals surface area contributed by atoms with Gasteiger partial charge in [0.05, 0.1) is 6.61 Å². The third-order valence-electron chi connectivity index (χ3n) is 6.55. The first-order chi connectivity index (χ1) is 20.1. The van der Waals surface area contributed by atoms with Crippen molar-refractivity contribution in [1.82, 2.24) is 0 Å². The number of carbonyl (C=O) groups is 1. The van der Waals surface area contributed by atoms with E-state index in [2.05, 4.69) is 0 Å². The lowest BCUT2D eigenvalue weighted by Gasteiger charge is -2.39. The van der Waals surface area contributed by atoms with Gasteiger partial charge < -0.3 is 49.3 Å². The van der Waals surface area contributed by atoms with E-state index in [1.165, 1.54) is 48.6 Å². The molecule has 0 radical (unpaired) electrons. The van der Waals surface area contributed by atoms with Crippen LogP contribution in [0.1, 0.15) is 5.56 Å². The molecule has 4 aromatic rings. The second-order valence-electron chi connectivity index (χ2n) is 9.48. The fraction of sp³-hybridized carbons (Fsp3) is 0.200. The number of benzene rings is 3. The molecular weight excluding hydrogens is 552 g/mol. The molecule has 6 N–H and O–H groups in total. The van der Waals surface area contributed by atoms with Gasteiger partial charge in [-0.2, -0.15) is 0 Å². The van der Waals surface area contributed by atoms with Gasteiger partial charge in [-0.05, 0) is 48.0 Å². The highest BCUT2D eigenvalue weighted by Crippen LogP contribution is 2.33. The smallest absolute Gasteiger partial charge is 0.336 e. The number of carbonyl (C=O) groups excluding carboxylic acids is 1. The van der Waals surface area contributed by atoms with Gasteiger partial charge in [0.25, 0.3) is 0 Å². The largest absolute Gasteiger partial charge is 0.508 e. The highest BCUT2D eigenvalue weighted by molar-refractivity contribution is 5.89. The molecule has 0 bridgehead atoms. The van der Waals surface area contributed by atoms with Gasteiger partial charge in [0.1, 0.15) is 64.1 Å². The van der Waals surface area contributed by atoms with Gasteiger partial charge in [0.15, 0.2) is 5.43 Å². The molecule has 3 aromatic carbocycles. The number of phenols is 2. The Morgan fingerprint density at radius 1 is 0.881 bits per heavy atom. The predicted molar refractivity (Wildman–Crippen MR) is 147 cm³/mol. The summed E-state index contributed by atoms with van der Waals surface area (Å²) in [6, 6.07) is 15.9. The lowest BCUT2D eigenvalue weighted by Crippen LogP contribution is -2.60. The Morgan fingerprint density at radius 2 is 1.60 bits per heavy atom. The number of hydrogen-bond acceptors (Lipinski definition) is 12. The summed E-state index contributed by atoms with van der Waals surface area (Å²) in [4.78, 5) is 25.0. The summed E-state index contributed by atoms with van der Waals surface area (Å²) in [5.74, 6) is -0.731. The molecule has 0 amide bonds. The van der Waals surface area contributed by atoms with Crippen molar-refractivity contribution in [2.75, 3.05) is 6.61 Å². The first kappa shape index (κ1) is 28.8. The second kappa shape index (κ2) is 12.0. The number of esters is 1. The third-order valence-corrected chi connectivity index (χ3v) is 6.55. The van der Waals surface area contributed by atoms with Crippen LogP contribution < -0.4 is 14.9 Å². The van der Waals surface area contributed by atoms with E-state index >= 15 is 0 Å². The number of aliphatic hydroxyl groups is 4. The Bertz CT molecular complexity index is 1660. The van der Waals surface area contributed by atoms with Crippen LogP contribution in [0.3, 0.4) is 0 Å².